The summed E-state index contributed by atoms with van der Waals surface area (Å²) in [7, 11) is 2.51. The Balaban J connectivity index is 3.25. The quantitative estimate of drug-likeness (QED) is 0.360. The summed E-state index contributed by atoms with van der Waals surface area (Å²) >= 11 is 0. The van der Waals surface area contributed by atoms with E-state index in [1.165, 1.54) is 32.4 Å². The Bertz CT molecular complexity index is 755. The molecular weight excluding hydrogens is 430 g/mol. The van der Waals surface area contributed by atoms with Crippen molar-refractivity contribution >= 4 is 17.7 Å². The number of urea groups is 1. The standard InChI is InChI=1S/C16H18F6N2O6/c1-4-29-12(25)15(16(20,21)22,30-8-14(17,18)19)24-13(26)23-10-6-5-9(27-2)7-11(10)28-3/h5-7H,4,8H2,1-3H3,(H2,23,24,26). The van der Waals surface area contributed by atoms with Crippen LogP contribution < -0.4 is 20.1 Å². The van der Waals surface area contributed by atoms with Crippen LogP contribution in [0, 0.1) is 0 Å². The molecule has 0 aliphatic carbocycles. The summed E-state index contributed by atoms with van der Waals surface area (Å²) < 4.78 is 96.1. The molecular formula is C16H18F6N2O6. The molecule has 0 aliphatic heterocycles. The zero-order valence-electron chi connectivity index (χ0n) is 15.9. The van der Waals surface area contributed by atoms with Gasteiger partial charge in [0.05, 0.1) is 26.5 Å². The molecule has 170 valence electrons. The first-order valence-electron chi connectivity index (χ1n) is 8.05. The number of hydrogen-bond acceptors (Lipinski definition) is 6. The zero-order valence-corrected chi connectivity index (χ0v) is 15.9. The van der Waals surface area contributed by atoms with Crippen molar-refractivity contribution in [2.24, 2.45) is 0 Å². The maximum absolute atomic E-state index is 13.6. The second-order valence-electron chi connectivity index (χ2n) is 5.45. The van der Waals surface area contributed by atoms with Crippen LogP contribution in [0.15, 0.2) is 18.2 Å². The smallest absolute Gasteiger partial charge is 0.448 e. The molecule has 14 heteroatoms. The van der Waals surface area contributed by atoms with E-state index < -0.39 is 43.3 Å². The van der Waals surface area contributed by atoms with Crippen molar-refractivity contribution in [2.45, 2.75) is 25.0 Å². The molecule has 0 aliphatic rings. The average Bonchev–Trinajstić information content (AvgIpc) is 2.63. The molecule has 1 unspecified atom stereocenters. The molecule has 2 amide bonds. The highest BCUT2D eigenvalue weighted by molar-refractivity contribution is 5.95. The molecule has 1 aromatic carbocycles. The summed E-state index contributed by atoms with van der Waals surface area (Å²) in [5.74, 6) is -2.05. The second kappa shape index (κ2) is 9.73. The Hall–Kier alpha value is -2.90. The van der Waals surface area contributed by atoms with Gasteiger partial charge in [-0.2, -0.15) is 26.3 Å². The normalized spacial score (nSPS) is 13.8. The maximum atomic E-state index is 13.6. The van der Waals surface area contributed by atoms with E-state index in [0.717, 1.165) is 12.2 Å². The predicted octanol–water partition coefficient (Wildman–Crippen LogP) is 3.23. The van der Waals surface area contributed by atoms with Gasteiger partial charge in [0, 0.05) is 6.07 Å². The number of carbonyl (C=O) groups is 2. The second-order valence-corrected chi connectivity index (χ2v) is 5.45. The van der Waals surface area contributed by atoms with Gasteiger partial charge in [-0.3, -0.25) is 5.32 Å². The van der Waals surface area contributed by atoms with Gasteiger partial charge in [0.2, 0.25) is 0 Å². The van der Waals surface area contributed by atoms with E-state index in [-0.39, 0.29) is 17.2 Å². The molecule has 1 atom stereocenters. The van der Waals surface area contributed by atoms with Gasteiger partial charge >= 0.3 is 30.1 Å². The highest BCUT2D eigenvalue weighted by Crippen LogP contribution is 2.35. The molecule has 0 saturated carbocycles. The molecule has 1 rings (SSSR count). The number of methoxy groups -OCH3 is 2. The van der Waals surface area contributed by atoms with Gasteiger partial charge in [-0.05, 0) is 19.1 Å². The number of carbonyl (C=O) groups excluding carboxylic acids is 2. The van der Waals surface area contributed by atoms with Crippen molar-refractivity contribution in [1.29, 1.82) is 0 Å². The van der Waals surface area contributed by atoms with E-state index >= 15 is 0 Å². The first-order valence-corrected chi connectivity index (χ1v) is 8.05. The minimum absolute atomic E-state index is 0.0468. The van der Waals surface area contributed by atoms with Crippen LogP contribution in [0.4, 0.5) is 36.8 Å². The lowest BCUT2D eigenvalue weighted by molar-refractivity contribution is -0.305. The maximum Gasteiger partial charge on any atom is 0.448 e. The number of hydrogen-bond donors (Lipinski definition) is 2. The van der Waals surface area contributed by atoms with Crippen LogP contribution in [-0.4, -0.2) is 57.5 Å². The summed E-state index contributed by atoms with van der Waals surface area (Å²) in [6, 6.07) is 2.07. The number of ether oxygens (including phenoxy) is 4. The minimum atomic E-state index is -5.80. The Morgan fingerprint density at radius 1 is 1.03 bits per heavy atom. The fourth-order valence-electron chi connectivity index (χ4n) is 2.05. The molecule has 0 saturated heterocycles. The number of halogens is 6. The minimum Gasteiger partial charge on any atom is -0.497 e. The Morgan fingerprint density at radius 2 is 1.67 bits per heavy atom. The molecule has 8 nitrogen and oxygen atoms in total. The van der Waals surface area contributed by atoms with Gasteiger partial charge in [-0.15, -0.1) is 0 Å². The summed E-state index contributed by atoms with van der Waals surface area (Å²) in [4.78, 5) is 24.1. The number of benzene rings is 1. The number of rotatable bonds is 8. The van der Waals surface area contributed by atoms with Crippen molar-refractivity contribution < 1.29 is 54.9 Å². The monoisotopic (exact) mass is 448 g/mol. The van der Waals surface area contributed by atoms with Gasteiger partial charge in [-0.1, -0.05) is 0 Å². The summed E-state index contributed by atoms with van der Waals surface area (Å²) in [5.41, 5.74) is -4.59. The molecule has 30 heavy (non-hydrogen) atoms. The first-order chi connectivity index (χ1) is 13.8. The average molecular weight is 448 g/mol. The Morgan fingerprint density at radius 3 is 2.13 bits per heavy atom. The molecule has 0 spiro atoms. The number of amides is 2. The molecule has 0 heterocycles. The first kappa shape index (κ1) is 25.1. The molecule has 0 fully saturated rings. The topological polar surface area (TPSA) is 95.1 Å². The lowest BCUT2D eigenvalue weighted by Gasteiger charge is -2.33. The van der Waals surface area contributed by atoms with E-state index in [1.807, 2.05) is 5.32 Å². The van der Waals surface area contributed by atoms with E-state index in [9.17, 15) is 35.9 Å². The zero-order chi connectivity index (χ0) is 23.2. The van der Waals surface area contributed by atoms with Crippen LogP contribution in [0.5, 0.6) is 11.5 Å². The van der Waals surface area contributed by atoms with Crippen molar-refractivity contribution in [1.82, 2.24) is 5.32 Å². The number of esters is 1. The highest BCUT2D eigenvalue weighted by atomic mass is 19.4. The summed E-state index contributed by atoms with van der Waals surface area (Å²) in [5, 5.41) is 3.03. The van der Waals surface area contributed by atoms with Gasteiger partial charge in [0.1, 0.15) is 18.1 Å². The highest BCUT2D eigenvalue weighted by Gasteiger charge is 2.66. The predicted molar refractivity (Wildman–Crippen MR) is 89.1 cm³/mol. The van der Waals surface area contributed by atoms with Gasteiger partial charge in [0.15, 0.2) is 0 Å². The largest absolute Gasteiger partial charge is 0.497 e. The Kier molecular flexibility index (Phi) is 8.16. The number of anilines is 1. The summed E-state index contributed by atoms with van der Waals surface area (Å²) in [6.45, 7) is -2.00. The van der Waals surface area contributed by atoms with Crippen LogP contribution in [0.2, 0.25) is 0 Å². The number of alkyl halides is 6. The van der Waals surface area contributed by atoms with Crippen molar-refractivity contribution in [3.05, 3.63) is 18.2 Å². The third-order valence-electron chi connectivity index (χ3n) is 3.36. The van der Waals surface area contributed by atoms with Crippen LogP contribution in [-0.2, 0) is 14.3 Å². The lowest BCUT2D eigenvalue weighted by Crippen LogP contribution is -2.67. The van der Waals surface area contributed by atoms with Crippen molar-refractivity contribution in [2.75, 3.05) is 32.8 Å². The SMILES string of the molecule is CCOC(=O)C(NC(=O)Nc1ccc(OC)cc1OC)(OCC(F)(F)F)C(F)(F)F. The molecule has 1 aromatic rings. The fraction of sp³-hybridized carbons (Fsp3) is 0.500. The third kappa shape index (κ3) is 6.30. The lowest BCUT2D eigenvalue weighted by atomic mass is 10.2. The molecule has 0 bridgehead atoms. The van der Waals surface area contributed by atoms with E-state index in [2.05, 4.69) is 9.47 Å². The molecule has 2 N–H and O–H groups in total. The Labute approximate surface area is 166 Å². The van der Waals surface area contributed by atoms with Crippen LogP contribution in [0.25, 0.3) is 0 Å². The van der Waals surface area contributed by atoms with Crippen molar-refractivity contribution in [3.8, 4) is 11.5 Å². The van der Waals surface area contributed by atoms with E-state index in [4.69, 9.17) is 9.47 Å². The van der Waals surface area contributed by atoms with Gasteiger partial charge in [-0.25, -0.2) is 9.59 Å². The van der Waals surface area contributed by atoms with Crippen LogP contribution in [0.3, 0.4) is 0 Å². The fourth-order valence-corrected chi connectivity index (χ4v) is 2.05. The van der Waals surface area contributed by atoms with Gasteiger partial charge < -0.3 is 24.3 Å². The van der Waals surface area contributed by atoms with Crippen LogP contribution in [0.1, 0.15) is 6.92 Å². The summed E-state index contributed by atoms with van der Waals surface area (Å²) in [6.07, 6.45) is -11.0. The number of nitrogens with one attached hydrogen (secondary N) is 2. The molecule has 0 aromatic heterocycles. The third-order valence-corrected chi connectivity index (χ3v) is 3.36. The van der Waals surface area contributed by atoms with Gasteiger partial charge in [0.25, 0.3) is 0 Å². The molecule has 0 radical (unpaired) electrons. The van der Waals surface area contributed by atoms with Crippen LogP contribution >= 0.6 is 0 Å². The van der Waals surface area contributed by atoms with E-state index in [0.29, 0.717) is 0 Å². The van der Waals surface area contributed by atoms with Crippen molar-refractivity contribution in [3.63, 3.8) is 0 Å². The van der Waals surface area contributed by atoms with E-state index in [1.54, 1.807) is 0 Å².